The fraction of sp³-hybridized carbons (Fsp3) is 0.611. The predicted molar refractivity (Wildman–Crippen MR) is 91.5 cm³/mol. The number of hydrogen-bond acceptors (Lipinski definition) is 4. The van der Waals surface area contributed by atoms with Crippen molar-refractivity contribution in [2.24, 2.45) is 0 Å². The SMILES string of the molecule is CCCN1CCC(NC(=O)c2cc(OC)c(C)c(OC)c2)CC1. The van der Waals surface area contributed by atoms with Crippen molar-refractivity contribution in [1.82, 2.24) is 10.2 Å². The molecule has 0 unspecified atom stereocenters. The van der Waals surface area contributed by atoms with Crippen LogP contribution in [0.5, 0.6) is 11.5 Å². The molecule has 0 saturated carbocycles. The number of carbonyl (C=O) groups excluding carboxylic acids is 1. The van der Waals surface area contributed by atoms with Crippen molar-refractivity contribution in [3.8, 4) is 11.5 Å². The van der Waals surface area contributed by atoms with Crippen molar-refractivity contribution in [2.45, 2.75) is 39.2 Å². The van der Waals surface area contributed by atoms with Crippen LogP contribution in [0.15, 0.2) is 12.1 Å². The van der Waals surface area contributed by atoms with Gasteiger partial charge in [0.1, 0.15) is 11.5 Å². The smallest absolute Gasteiger partial charge is 0.251 e. The Morgan fingerprint density at radius 3 is 2.26 bits per heavy atom. The lowest BCUT2D eigenvalue weighted by atomic mass is 10.0. The first kappa shape index (κ1) is 17.6. The molecule has 0 bridgehead atoms. The number of ether oxygens (including phenoxy) is 2. The van der Waals surface area contributed by atoms with Gasteiger partial charge in [0.15, 0.2) is 0 Å². The van der Waals surface area contributed by atoms with Gasteiger partial charge in [0.05, 0.1) is 14.2 Å². The van der Waals surface area contributed by atoms with Gasteiger partial charge in [-0.1, -0.05) is 6.92 Å². The molecule has 2 rings (SSSR count). The third-order valence-electron chi connectivity index (χ3n) is 4.48. The van der Waals surface area contributed by atoms with E-state index >= 15 is 0 Å². The number of carbonyl (C=O) groups is 1. The Morgan fingerprint density at radius 1 is 1.22 bits per heavy atom. The molecule has 0 spiro atoms. The van der Waals surface area contributed by atoms with Gasteiger partial charge in [-0.25, -0.2) is 0 Å². The second-order valence-electron chi connectivity index (χ2n) is 6.10. The first-order valence-corrected chi connectivity index (χ1v) is 8.34. The van der Waals surface area contributed by atoms with Crippen LogP contribution < -0.4 is 14.8 Å². The summed E-state index contributed by atoms with van der Waals surface area (Å²) in [5.74, 6) is 1.29. The zero-order valence-electron chi connectivity index (χ0n) is 14.6. The minimum Gasteiger partial charge on any atom is -0.496 e. The molecule has 1 aliphatic rings. The first-order chi connectivity index (χ1) is 11.1. The summed E-state index contributed by atoms with van der Waals surface area (Å²) in [6.45, 7) is 7.38. The van der Waals surface area contributed by atoms with E-state index in [4.69, 9.17) is 9.47 Å². The lowest BCUT2D eigenvalue weighted by Crippen LogP contribution is -2.44. The molecule has 1 heterocycles. The van der Waals surface area contributed by atoms with Crippen LogP contribution in [0.2, 0.25) is 0 Å². The van der Waals surface area contributed by atoms with E-state index in [1.54, 1.807) is 26.4 Å². The molecule has 1 amide bonds. The summed E-state index contributed by atoms with van der Waals surface area (Å²) in [7, 11) is 3.21. The number of hydrogen-bond donors (Lipinski definition) is 1. The molecule has 1 aliphatic heterocycles. The largest absolute Gasteiger partial charge is 0.496 e. The quantitative estimate of drug-likeness (QED) is 0.875. The van der Waals surface area contributed by atoms with Crippen molar-refractivity contribution in [3.05, 3.63) is 23.3 Å². The van der Waals surface area contributed by atoms with Gasteiger partial charge < -0.3 is 19.7 Å². The van der Waals surface area contributed by atoms with Crippen molar-refractivity contribution in [3.63, 3.8) is 0 Å². The van der Waals surface area contributed by atoms with Gasteiger partial charge in [0, 0.05) is 30.3 Å². The van der Waals surface area contributed by atoms with Gasteiger partial charge in [-0.2, -0.15) is 0 Å². The van der Waals surface area contributed by atoms with Gasteiger partial charge in [0.25, 0.3) is 5.91 Å². The van der Waals surface area contributed by atoms with Crippen LogP contribution in [0.4, 0.5) is 0 Å². The van der Waals surface area contributed by atoms with Crippen LogP contribution in [-0.2, 0) is 0 Å². The van der Waals surface area contributed by atoms with E-state index in [0.29, 0.717) is 17.1 Å². The Morgan fingerprint density at radius 2 is 1.78 bits per heavy atom. The topological polar surface area (TPSA) is 50.8 Å². The zero-order chi connectivity index (χ0) is 16.8. The van der Waals surface area contributed by atoms with Gasteiger partial charge in [-0.3, -0.25) is 4.79 Å². The first-order valence-electron chi connectivity index (χ1n) is 8.34. The molecule has 1 saturated heterocycles. The number of rotatable bonds is 6. The number of methoxy groups -OCH3 is 2. The van der Waals surface area contributed by atoms with E-state index in [-0.39, 0.29) is 11.9 Å². The Labute approximate surface area is 139 Å². The minimum absolute atomic E-state index is 0.0597. The Hall–Kier alpha value is -1.75. The molecule has 0 aromatic heterocycles. The zero-order valence-corrected chi connectivity index (χ0v) is 14.6. The summed E-state index contributed by atoms with van der Waals surface area (Å²) < 4.78 is 10.7. The summed E-state index contributed by atoms with van der Waals surface area (Å²) >= 11 is 0. The summed E-state index contributed by atoms with van der Waals surface area (Å²) in [5.41, 5.74) is 1.49. The van der Waals surface area contributed by atoms with E-state index in [1.807, 2.05) is 6.92 Å². The number of piperidine rings is 1. The fourth-order valence-corrected chi connectivity index (χ4v) is 3.10. The minimum atomic E-state index is -0.0597. The van der Waals surface area contributed by atoms with Crippen LogP contribution >= 0.6 is 0 Å². The number of nitrogens with one attached hydrogen (secondary N) is 1. The van der Waals surface area contributed by atoms with Crippen LogP contribution in [0.3, 0.4) is 0 Å². The molecule has 1 aromatic rings. The number of amides is 1. The van der Waals surface area contributed by atoms with E-state index < -0.39 is 0 Å². The molecule has 5 heteroatoms. The molecule has 0 aliphatic carbocycles. The molecular weight excluding hydrogens is 292 g/mol. The van der Waals surface area contributed by atoms with Crippen LogP contribution in [0.25, 0.3) is 0 Å². The standard InChI is InChI=1S/C18H28N2O3/c1-5-8-20-9-6-15(7-10-20)19-18(21)14-11-16(22-3)13(2)17(12-14)23-4/h11-12,15H,5-10H2,1-4H3,(H,19,21). The predicted octanol–water partition coefficient (Wildman–Crippen LogP) is 2.62. The molecule has 0 atom stereocenters. The Balaban J connectivity index is 2.01. The second-order valence-corrected chi connectivity index (χ2v) is 6.10. The summed E-state index contributed by atoms with van der Waals surface area (Å²) in [4.78, 5) is 15.0. The third kappa shape index (κ3) is 4.38. The highest BCUT2D eigenvalue weighted by atomic mass is 16.5. The van der Waals surface area contributed by atoms with Crippen molar-refractivity contribution >= 4 is 5.91 Å². The maximum atomic E-state index is 12.5. The van der Waals surface area contributed by atoms with Gasteiger partial charge in [-0.15, -0.1) is 0 Å². The maximum Gasteiger partial charge on any atom is 0.251 e. The molecule has 23 heavy (non-hydrogen) atoms. The normalized spacial score (nSPS) is 16.2. The number of likely N-dealkylation sites (tertiary alicyclic amines) is 1. The molecular formula is C18H28N2O3. The molecule has 128 valence electrons. The average molecular weight is 320 g/mol. The lowest BCUT2D eigenvalue weighted by molar-refractivity contribution is 0.0910. The fourth-order valence-electron chi connectivity index (χ4n) is 3.10. The van der Waals surface area contributed by atoms with Crippen LogP contribution in [0, 0.1) is 6.92 Å². The van der Waals surface area contributed by atoms with Gasteiger partial charge >= 0.3 is 0 Å². The van der Waals surface area contributed by atoms with E-state index in [0.717, 1.165) is 38.0 Å². The molecule has 1 N–H and O–H groups in total. The maximum absolute atomic E-state index is 12.5. The van der Waals surface area contributed by atoms with Crippen molar-refractivity contribution in [1.29, 1.82) is 0 Å². The van der Waals surface area contributed by atoms with E-state index in [2.05, 4.69) is 17.1 Å². The van der Waals surface area contributed by atoms with Crippen LogP contribution in [-0.4, -0.2) is 50.7 Å². The molecule has 5 nitrogen and oxygen atoms in total. The van der Waals surface area contributed by atoms with E-state index in [1.165, 1.54) is 6.42 Å². The second kappa shape index (κ2) is 8.20. The van der Waals surface area contributed by atoms with Crippen molar-refractivity contribution < 1.29 is 14.3 Å². The van der Waals surface area contributed by atoms with Gasteiger partial charge in [0.2, 0.25) is 0 Å². The third-order valence-corrected chi connectivity index (χ3v) is 4.48. The summed E-state index contributed by atoms with van der Waals surface area (Å²) in [6, 6.07) is 3.80. The Kier molecular flexibility index (Phi) is 6.28. The highest BCUT2D eigenvalue weighted by molar-refractivity contribution is 5.95. The highest BCUT2D eigenvalue weighted by Crippen LogP contribution is 2.29. The monoisotopic (exact) mass is 320 g/mol. The summed E-state index contributed by atoms with van der Waals surface area (Å²) in [6.07, 6.45) is 3.19. The molecule has 1 aromatic carbocycles. The highest BCUT2D eigenvalue weighted by Gasteiger charge is 2.21. The Bertz CT molecular complexity index is 512. The molecule has 0 radical (unpaired) electrons. The molecule has 1 fully saturated rings. The number of nitrogens with zero attached hydrogens (tertiary/aromatic N) is 1. The van der Waals surface area contributed by atoms with Crippen LogP contribution in [0.1, 0.15) is 42.1 Å². The summed E-state index contributed by atoms with van der Waals surface area (Å²) in [5, 5.41) is 3.14. The van der Waals surface area contributed by atoms with Crippen molar-refractivity contribution in [2.75, 3.05) is 33.9 Å². The van der Waals surface area contributed by atoms with Gasteiger partial charge in [-0.05, 0) is 44.9 Å². The average Bonchev–Trinajstić information content (AvgIpc) is 2.57. The van der Waals surface area contributed by atoms with E-state index in [9.17, 15) is 4.79 Å². The number of benzene rings is 1. The lowest BCUT2D eigenvalue weighted by Gasteiger charge is -2.32.